The number of rotatable bonds is 5. The Labute approximate surface area is 126 Å². The van der Waals surface area contributed by atoms with Crippen molar-refractivity contribution in [2.45, 2.75) is 12.5 Å². The van der Waals surface area contributed by atoms with Crippen LogP contribution in [0.1, 0.15) is 12.5 Å². The van der Waals surface area contributed by atoms with Crippen molar-refractivity contribution in [3.05, 3.63) is 33.9 Å². The number of nitrogens with two attached hydrogens (primary N) is 1. The van der Waals surface area contributed by atoms with Crippen LogP contribution in [0.4, 0.5) is 10.5 Å². The van der Waals surface area contributed by atoms with Crippen molar-refractivity contribution in [3.63, 3.8) is 0 Å². The first kappa shape index (κ1) is 15.7. The van der Waals surface area contributed by atoms with E-state index in [0.29, 0.717) is 5.56 Å². The fourth-order valence-corrected chi connectivity index (χ4v) is 2.37. The molecule has 1 unspecified atom stereocenters. The molecule has 118 valence electrons. The highest BCUT2D eigenvalue weighted by Gasteiger charge is 2.49. The SMILES string of the molecule is COc1ccc(C2(C)NC(=O)N(CCN)C2=O)cc1[N+](=O)[O-]. The number of nitro benzene ring substituents is 1. The van der Waals surface area contributed by atoms with E-state index in [0.717, 1.165) is 4.90 Å². The highest BCUT2D eigenvalue weighted by Crippen LogP contribution is 2.35. The Hall–Kier alpha value is -2.68. The molecular weight excluding hydrogens is 292 g/mol. The lowest BCUT2D eigenvalue weighted by molar-refractivity contribution is -0.385. The smallest absolute Gasteiger partial charge is 0.325 e. The maximum absolute atomic E-state index is 12.4. The summed E-state index contributed by atoms with van der Waals surface area (Å²) >= 11 is 0. The first-order valence-corrected chi connectivity index (χ1v) is 6.52. The number of hydrogen-bond donors (Lipinski definition) is 2. The summed E-state index contributed by atoms with van der Waals surface area (Å²) in [6, 6.07) is 3.55. The molecule has 0 bridgehead atoms. The van der Waals surface area contributed by atoms with Gasteiger partial charge in [-0.25, -0.2) is 4.79 Å². The van der Waals surface area contributed by atoms with Crippen LogP contribution in [0, 0.1) is 10.1 Å². The Morgan fingerprint density at radius 3 is 2.68 bits per heavy atom. The van der Waals surface area contributed by atoms with Gasteiger partial charge in [0.2, 0.25) is 0 Å². The van der Waals surface area contributed by atoms with Crippen LogP contribution in [0.5, 0.6) is 5.75 Å². The molecule has 1 aliphatic rings. The number of imide groups is 1. The van der Waals surface area contributed by atoms with Gasteiger partial charge >= 0.3 is 11.7 Å². The largest absolute Gasteiger partial charge is 0.490 e. The standard InChI is InChI=1S/C13H16N4O5/c1-13(11(18)16(6-5-14)12(19)15-13)8-3-4-10(22-2)9(7-8)17(20)21/h3-4,7H,5-6,14H2,1-2H3,(H,15,19). The van der Waals surface area contributed by atoms with Crippen molar-refractivity contribution in [2.75, 3.05) is 20.2 Å². The van der Waals surface area contributed by atoms with E-state index in [-0.39, 0.29) is 24.5 Å². The van der Waals surface area contributed by atoms with Crippen LogP contribution in [-0.4, -0.2) is 42.0 Å². The number of nitrogens with one attached hydrogen (secondary N) is 1. The maximum atomic E-state index is 12.4. The Morgan fingerprint density at radius 1 is 1.45 bits per heavy atom. The molecule has 0 aliphatic carbocycles. The topological polar surface area (TPSA) is 128 Å². The van der Waals surface area contributed by atoms with Crippen LogP contribution in [0.3, 0.4) is 0 Å². The summed E-state index contributed by atoms with van der Waals surface area (Å²) < 4.78 is 4.92. The number of carbonyl (C=O) groups excluding carboxylic acids is 2. The summed E-state index contributed by atoms with van der Waals surface area (Å²) in [5.41, 5.74) is 4.04. The molecule has 0 spiro atoms. The van der Waals surface area contributed by atoms with Gasteiger partial charge in [-0.2, -0.15) is 0 Å². The molecule has 0 saturated carbocycles. The van der Waals surface area contributed by atoms with E-state index in [2.05, 4.69) is 5.32 Å². The third kappa shape index (κ3) is 2.35. The molecule has 3 amide bonds. The monoisotopic (exact) mass is 308 g/mol. The Kier molecular flexibility index (Phi) is 4.00. The zero-order valence-electron chi connectivity index (χ0n) is 12.2. The zero-order valence-corrected chi connectivity index (χ0v) is 12.2. The molecule has 9 heteroatoms. The summed E-state index contributed by atoms with van der Waals surface area (Å²) in [6.45, 7) is 1.71. The molecule has 1 fully saturated rings. The number of urea groups is 1. The van der Waals surface area contributed by atoms with Crippen molar-refractivity contribution in [3.8, 4) is 5.75 Å². The van der Waals surface area contributed by atoms with Gasteiger partial charge in [-0.15, -0.1) is 0 Å². The van der Waals surface area contributed by atoms with E-state index in [9.17, 15) is 19.7 Å². The van der Waals surface area contributed by atoms with Crippen LogP contribution in [0.2, 0.25) is 0 Å². The fraction of sp³-hybridized carbons (Fsp3) is 0.385. The minimum absolute atomic E-state index is 0.0768. The second-order valence-electron chi connectivity index (χ2n) is 4.94. The third-order valence-electron chi connectivity index (χ3n) is 3.58. The van der Waals surface area contributed by atoms with Crippen LogP contribution in [-0.2, 0) is 10.3 Å². The minimum atomic E-state index is -1.37. The predicted octanol–water partition coefficient (Wildman–Crippen LogP) is 0.329. The lowest BCUT2D eigenvalue weighted by Gasteiger charge is -2.22. The normalized spacial score (nSPS) is 21.0. The number of methoxy groups -OCH3 is 1. The molecule has 1 aliphatic heterocycles. The van der Waals surface area contributed by atoms with Crippen LogP contribution >= 0.6 is 0 Å². The van der Waals surface area contributed by atoms with E-state index in [1.54, 1.807) is 0 Å². The Bertz CT molecular complexity index is 647. The van der Waals surface area contributed by atoms with Gasteiger partial charge in [-0.1, -0.05) is 6.07 Å². The molecule has 1 atom stereocenters. The number of benzene rings is 1. The van der Waals surface area contributed by atoms with Gasteiger partial charge in [-0.3, -0.25) is 19.8 Å². The third-order valence-corrected chi connectivity index (χ3v) is 3.58. The van der Waals surface area contributed by atoms with Crippen LogP contribution in [0.25, 0.3) is 0 Å². The average molecular weight is 308 g/mol. The van der Waals surface area contributed by atoms with Crippen molar-refractivity contribution in [2.24, 2.45) is 5.73 Å². The second kappa shape index (κ2) is 5.60. The minimum Gasteiger partial charge on any atom is -0.490 e. The van der Waals surface area contributed by atoms with Crippen molar-refractivity contribution < 1.29 is 19.2 Å². The number of nitro groups is 1. The fourth-order valence-electron chi connectivity index (χ4n) is 2.37. The molecule has 3 N–H and O–H groups in total. The van der Waals surface area contributed by atoms with Gasteiger partial charge in [0.05, 0.1) is 12.0 Å². The van der Waals surface area contributed by atoms with Crippen molar-refractivity contribution >= 4 is 17.6 Å². The molecule has 0 aromatic heterocycles. The number of nitrogens with zero attached hydrogens (tertiary/aromatic N) is 2. The van der Waals surface area contributed by atoms with Crippen LogP contribution < -0.4 is 15.8 Å². The van der Waals surface area contributed by atoms with E-state index in [4.69, 9.17) is 10.5 Å². The molecule has 1 saturated heterocycles. The molecule has 1 aromatic rings. The first-order valence-electron chi connectivity index (χ1n) is 6.52. The maximum Gasteiger partial charge on any atom is 0.325 e. The van der Waals surface area contributed by atoms with Gasteiger partial charge in [0.1, 0.15) is 5.54 Å². The molecular formula is C13H16N4O5. The highest BCUT2D eigenvalue weighted by atomic mass is 16.6. The summed E-state index contributed by atoms with van der Waals surface area (Å²) in [4.78, 5) is 35.8. The Balaban J connectivity index is 2.47. The van der Waals surface area contributed by atoms with E-state index in [1.807, 2.05) is 0 Å². The quantitative estimate of drug-likeness (QED) is 0.458. The lowest BCUT2D eigenvalue weighted by Crippen LogP contribution is -2.41. The summed E-state index contributed by atoms with van der Waals surface area (Å²) in [5.74, 6) is -0.421. The van der Waals surface area contributed by atoms with Gasteiger partial charge in [0.25, 0.3) is 5.91 Å². The van der Waals surface area contributed by atoms with Crippen LogP contribution in [0.15, 0.2) is 18.2 Å². The van der Waals surface area contributed by atoms with Gasteiger partial charge in [0.15, 0.2) is 5.75 Å². The van der Waals surface area contributed by atoms with E-state index >= 15 is 0 Å². The molecule has 0 radical (unpaired) electrons. The average Bonchev–Trinajstić information content (AvgIpc) is 2.71. The predicted molar refractivity (Wildman–Crippen MR) is 76.3 cm³/mol. The van der Waals surface area contributed by atoms with Crippen molar-refractivity contribution in [1.29, 1.82) is 0 Å². The number of ether oxygens (including phenoxy) is 1. The lowest BCUT2D eigenvalue weighted by atomic mass is 9.91. The molecule has 1 heterocycles. The summed E-state index contributed by atoms with van der Waals surface area (Å²) in [5, 5.41) is 13.6. The van der Waals surface area contributed by atoms with E-state index < -0.39 is 22.4 Å². The molecule has 2 rings (SSSR count). The summed E-state index contributed by atoms with van der Waals surface area (Å²) in [7, 11) is 1.31. The van der Waals surface area contributed by atoms with Gasteiger partial charge < -0.3 is 15.8 Å². The highest BCUT2D eigenvalue weighted by molar-refractivity contribution is 6.07. The van der Waals surface area contributed by atoms with E-state index in [1.165, 1.54) is 32.2 Å². The number of amides is 3. The molecule has 22 heavy (non-hydrogen) atoms. The van der Waals surface area contributed by atoms with Gasteiger partial charge in [0, 0.05) is 19.2 Å². The first-order chi connectivity index (χ1) is 10.3. The number of hydrogen-bond acceptors (Lipinski definition) is 6. The summed E-state index contributed by atoms with van der Waals surface area (Å²) in [6.07, 6.45) is 0. The van der Waals surface area contributed by atoms with Gasteiger partial charge in [-0.05, 0) is 18.6 Å². The zero-order chi connectivity index (χ0) is 16.5. The Morgan fingerprint density at radius 2 is 2.14 bits per heavy atom. The molecule has 1 aromatic carbocycles. The second-order valence-corrected chi connectivity index (χ2v) is 4.94. The van der Waals surface area contributed by atoms with Crippen molar-refractivity contribution in [1.82, 2.24) is 10.2 Å². The molecule has 9 nitrogen and oxygen atoms in total. The number of carbonyl (C=O) groups is 2.